The predicted molar refractivity (Wildman–Crippen MR) is 146 cm³/mol. The molecule has 1 aromatic heterocycles. The van der Waals surface area contributed by atoms with Crippen molar-refractivity contribution in [2.45, 2.75) is 50.6 Å². The first kappa shape index (κ1) is 26.0. The van der Waals surface area contributed by atoms with E-state index in [2.05, 4.69) is 22.4 Å². The van der Waals surface area contributed by atoms with Crippen LogP contribution in [0, 0.1) is 6.92 Å². The van der Waals surface area contributed by atoms with Crippen LogP contribution in [0.15, 0.2) is 53.3 Å². The largest absolute Gasteiger partial charge is 0.383 e. The van der Waals surface area contributed by atoms with Gasteiger partial charge < -0.3 is 24.8 Å². The van der Waals surface area contributed by atoms with Gasteiger partial charge in [0.2, 0.25) is 5.91 Å². The van der Waals surface area contributed by atoms with E-state index in [0.29, 0.717) is 52.0 Å². The van der Waals surface area contributed by atoms with Crippen LogP contribution in [0.1, 0.15) is 48.8 Å². The van der Waals surface area contributed by atoms with Gasteiger partial charge in [0.15, 0.2) is 0 Å². The molecule has 2 N–H and O–H groups in total. The highest BCUT2D eigenvalue weighted by Crippen LogP contribution is 2.28. The lowest BCUT2D eigenvalue weighted by Crippen LogP contribution is -2.53. The predicted octanol–water partition coefficient (Wildman–Crippen LogP) is 3.41. The highest BCUT2D eigenvalue weighted by molar-refractivity contribution is 5.87. The van der Waals surface area contributed by atoms with E-state index in [1.807, 2.05) is 52.8 Å². The van der Waals surface area contributed by atoms with E-state index in [1.54, 1.807) is 12.0 Å². The number of urea groups is 1. The summed E-state index contributed by atoms with van der Waals surface area (Å²) in [6.07, 6.45) is 2.77. The number of hydrogen-bond donors (Lipinski definition) is 2. The fraction of sp³-hybridized carbons (Fsp3) is 0.483. The molecule has 38 heavy (non-hydrogen) atoms. The number of rotatable bonds is 6. The molecule has 3 aromatic rings. The van der Waals surface area contributed by atoms with Crippen molar-refractivity contribution in [2.75, 3.05) is 39.9 Å². The number of ether oxygens (including phenoxy) is 1. The van der Waals surface area contributed by atoms with Crippen LogP contribution in [-0.2, 0) is 9.53 Å². The van der Waals surface area contributed by atoms with Crippen molar-refractivity contribution in [3.8, 4) is 0 Å². The zero-order valence-corrected chi connectivity index (χ0v) is 22.2. The Labute approximate surface area is 222 Å². The number of benzene rings is 2. The number of piperidine rings is 1. The average molecular weight is 520 g/mol. The number of aromatic nitrogens is 2. The average Bonchev–Trinajstić information content (AvgIpc) is 3.20. The summed E-state index contributed by atoms with van der Waals surface area (Å²) >= 11 is 0. The van der Waals surface area contributed by atoms with Crippen LogP contribution in [0.25, 0.3) is 11.0 Å². The molecule has 0 aliphatic carbocycles. The maximum Gasteiger partial charge on any atom is 0.326 e. The van der Waals surface area contributed by atoms with Crippen molar-refractivity contribution in [3.05, 3.63) is 70.1 Å². The van der Waals surface area contributed by atoms with Crippen LogP contribution >= 0.6 is 0 Å². The Morgan fingerprint density at radius 3 is 2.53 bits per heavy atom. The van der Waals surface area contributed by atoms with E-state index in [4.69, 9.17) is 4.74 Å². The van der Waals surface area contributed by atoms with Crippen molar-refractivity contribution in [3.63, 3.8) is 0 Å². The van der Waals surface area contributed by atoms with Crippen LogP contribution in [0.4, 0.5) is 4.79 Å². The van der Waals surface area contributed by atoms with E-state index >= 15 is 0 Å². The molecule has 5 rings (SSSR count). The molecule has 2 atom stereocenters. The molecular weight excluding hydrogens is 482 g/mol. The molecular formula is C29H37N5O4. The molecule has 2 aromatic carbocycles. The molecule has 2 aliphatic heterocycles. The fourth-order valence-corrected chi connectivity index (χ4v) is 5.92. The van der Waals surface area contributed by atoms with Gasteiger partial charge in [0.1, 0.15) is 6.04 Å². The molecule has 2 saturated heterocycles. The van der Waals surface area contributed by atoms with Gasteiger partial charge in [0.25, 0.3) is 0 Å². The number of H-pyrrole nitrogens is 1. The van der Waals surface area contributed by atoms with E-state index in [9.17, 15) is 14.4 Å². The number of aromatic amines is 1. The SMILES string of the molecule is COCCN1C[C@H](c2ccccc2)CC[C@@H](NC(=O)N2CCC(n3c(=O)[nH]c4c(C)cccc43)CC2)C1=O. The summed E-state index contributed by atoms with van der Waals surface area (Å²) in [5.41, 5.74) is 3.92. The molecule has 2 fully saturated rings. The van der Waals surface area contributed by atoms with Gasteiger partial charge in [-0.15, -0.1) is 0 Å². The van der Waals surface area contributed by atoms with Crippen LogP contribution in [0.3, 0.4) is 0 Å². The van der Waals surface area contributed by atoms with Gasteiger partial charge in [-0.2, -0.15) is 0 Å². The number of methoxy groups -OCH3 is 1. The Balaban J connectivity index is 1.24. The smallest absolute Gasteiger partial charge is 0.326 e. The molecule has 9 nitrogen and oxygen atoms in total. The van der Waals surface area contributed by atoms with Crippen molar-refractivity contribution in [1.82, 2.24) is 24.7 Å². The Morgan fingerprint density at radius 1 is 1.03 bits per heavy atom. The van der Waals surface area contributed by atoms with Gasteiger partial charge in [-0.05, 0) is 49.8 Å². The molecule has 0 radical (unpaired) electrons. The van der Waals surface area contributed by atoms with E-state index < -0.39 is 6.04 Å². The normalized spacial score (nSPS) is 21.1. The fourth-order valence-electron chi connectivity index (χ4n) is 5.92. The maximum absolute atomic E-state index is 13.4. The minimum atomic E-state index is -0.565. The van der Waals surface area contributed by atoms with Crippen LogP contribution in [0.5, 0.6) is 0 Å². The van der Waals surface area contributed by atoms with E-state index in [-0.39, 0.29) is 29.6 Å². The Hall–Kier alpha value is -3.59. The summed E-state index contributed by atoms with van der Waals surface area (Å²) in [7, 11) is 1.63. The highest BCUT2D eigenvalue weighted by Gasteiger charge is 2.34. The second-order valence-electron chi connectivity index (χ2n) is 10.5. The molecule has 0 bridgehead atoms. The Bertz CT molecular complexity index is 1330. The molecule has 9 heteroatoms. The number of carbonyl (C=O) groups excluding carboxylic acids is 2. The summed E-state index contributed by atoms with van der Waals surface area (Å²) in [5, 5.41) is 3.04. The Kier molecular flexibility index (Phi) is 7.83. The standard InChI is InChI=1S/C29H37N5O4/c1-20-7-6-10-25-26(20)31-29(37)34(25)23-13-15-32(16-14-23)28(36)30-24-12-11-22(21-8-4-3-5-9-21)19-33(27(24)35)17-18-38-2/h3-10,22-24H,11-19H2,1-2H3,(H,30,36)(H,31,37)/t22-,24-/m1/s1. The molecule has 0 unspecified atom stereocenters. The number of likely N-dealkylation sites (tertiary alicyclic amines) is 2. The van der Waals surface area contributed by atoms with Gasteiger partial charge in [0.05, 0.1) is 17.6 Å². The lowest BCUT2D eigenvalue weighted by Gasteiger charge is -2.34. The monoisotopic (exact) mass is 519 g/mol. The third-order valence-electron chi connectivity index (χ3n) is 8.07. The van der Waals surface area contributed by atoms with Crippen molar-refractivity contribution < 1.29 is 14.3 Å². The Morgan fingerprint density at radius 2 is 1.79 bits per heavy atom. The van der Waals surface area contributed by atoms with Gasteiger partial charge in [-0.1, -0.05) is 42.5 Å². The van der Waals surface area contributed by atoms with Crippen molar-refractivity contribution in [1.29, 1.82) is 0 Å². The molecule has 0 saturated carbocycles. The molecule has 3 heterocycles. The van der Waals surface area contributed by atoms with Gasteiger partial charge >= 0.3 is 11.7 Å². The van der Waals surface area contributed by atoms with Gasteiger partial charge in [-0.25, -0.2) is 9.59 Å². The third-order valence-corrected chi connectivity index (χ3v) is 8.07. The number of nitrogens with zero attached hydrogens (tertiary/aromatic N) is 3. The number of fused-ring (bicyclic) bond motifs is 1. The van der Waals surface area contributed by atoms with E-state index in [0.717, 1.165) is 23.0 Å². The second-order valence-corrected chi connectivity index (χ2v) is 10.5. The van der Waals surface area contributed by atoms with E-state index in [1.165, 1.54) is 5.56 Å². The zero-order valence-electron chi connectivity index (χ0n) is 22.2. The third kappa shape index (κ3) is 5.34. The minimum Gasteiger partial charge on any atom is -0.383 e. The topological polar surface area (TPSA) is 99.7 Å². The highest BCUT2D eigenvalue weighted by atomic mass is 16.5. The number of amides is 3. The molecule has 2 aliphatic rings. The zero-order chi connectivity index (χ0) is 26.6. The number of carbonyl (C=O) groups is 2. The summed E-state index contributed by atoms with van der Waals surface area (Å²) in [6, 6.07) is 15.4. The second kappa shape index (κ2) is 11.4. The number of aryl methyl sites for hydroxylation is 1. The molecule has 0 spiro atoms. The van der Waals surface area contributed by atoms with Crippen LogP contribution < -0.4 is 11.0 Å². The number of hydrogen-bond acceptors (Lipinski definition) is 4. The summed E-state index contributed by atoms with van der Waals surface area (Å²) in [6.45, 7) is 4.61. The lowest BCUT2D eigenvalue weighted by molar-refractivity contribution is -0.133. The molecule has 3 amide bonds. The van der Waals surface area contributed by atoms with Gasteiger partial charge in [0, 0.05) is 45.2 Å². The first-order chi connectivity index (χ1) is 18.5. The number of nitrogens with one attached hydrogen (secondary N) is 2. The van der Waals surface area contributed by atoms with Crippen LogP contribution in [0.2, 0.25) is 0 Å². The molecule has 202 valence electrons. The van der Waals surface area contributed by atoms with Crippen molar-refractivity contribution in [2.24, 2.45) is 0 Å². The first-order valence-corrected chi connectivity index (χ1v) is 13.5. The first-order valence-electron chi connectivity index (χ1n) is 13.5. The summed E-state index contributed by atoms with van der Waals surface area (Å²) in [4.78, 5) is 46.0. The summed E-state index contributed by atoms with van der Waals surface area (Å²) < 4.78 is 7.09. The quantitative estimate of drug-likeness (QED) is 0.521. The number of imidazole rings is 1. The van der Waals surface area contributed by atoms with Crippen molar-refractivity contribution >= 4 is 23.0 Å². The minimum absolute atomic E-state index is 0.0257. The summed E-state index contributed by atoms with van der Waals surface area (Å²) in [5.74, 6) is 0.164. The number of para-hydroxylation sites is 1. The lowest BCUT2D eigenvalue weighted by atomic mass is 9.94. The van der Waals surface area contributed by atoms with Gasteiger partial charge in [-0.3, -0.25) is 9.36 Å². The maximum atomic E-state index is 13.4. The van der Waals surface area contributed by atoms with Crippen LogP contribution in [-0.4, -0.2) is 77.2 Å².